The van der Waals surface area contributed by atoms with Gasteiger partial charge in [0.05, 0.1) is 6.54 Å². The van der Waals surface area contributed by atoms with Gasteiger partial charge in [0, 0.05) is 24.0 Å². The first-order valence-corrected chi connectivity index (χ1v) is 6.59. The van der Waals surface area contributed by atoms with Crippen molar-refractivity contribution in [3.05, 3.63) is 22.4 Å². The number of carbonyl (C=O) groups is 1. The van der Waals surface area contributed by atoms with Crippen LogP contribution in [0.1, 0.15) is 30.7 Å². The molecule has 0 radical (unpaired) electrons. The molecule has 1 amide bonds. The van der Waals surface area contributed by atoms with E-state index >= 15 is 0 Å². The number of nitrogens with one attached hydrogen (secondary N) is 1. The summed E-state index contributed by atoms with van der Waals surface area (Å²) in [5, 5.41) is 5.33. The summed E-state index contributed by atoms with van der Waals surface area (Å²) in [4.78, 5) is 14.9. The highest BCUT2D eigenvalue weighted by Gasteiger charge is 2.29. The molecule has 3 nitrogen and oxygen atoms in total. The zero-order valence-corrected chi connectivity index (χ0v) is 10.6. The Kier molecular flexibility index (Phi) is 3.61. The fourth-order valence-corrected chi connectivity index (χ4v) is 2.43. The minimum absolute atomic E-state index is 0.200. The normalized spacial score (nSPS) is 17.1. The molecule has 4 heteroatoms. The van der Waals surface area contributed by atoms with Crippen LogP contribution in [-0.2, 0) is 4.79 Å². The summed E-state index contributed by atoms with van der Waals surface area (Å²) in [5.74, 6) is 0.200. The molecule has 0 spiro atoms. The third kappa shape index (κ3) is 2.83. The Morgan fingerprint density at radius 2 is 2.44 bits per heavy atom. The zero-order chi connectivity index (χ0) is 11.5. The van der Waals surface area contributed by atoms with Crippen LogP contribution in [-0.4, -0.2) is 30.4 Å². The summed E-state index contributed by atoms with van der Waals surface area (Å²) >= 11 is 1.72. The lowest BCUT2D eigenvalue weighted by molar-refractivity contribution is -0.129. The monoisotopic (exact) mass is 238 g/mol. The van der Waals surface area contributed by atoms with Crippen LogP contribution in [0.25, 0.3) is 0 Å². The van der Waals surface area contributed by atoms with E-state index in [1.54, 1.807) is 11.3 Å². The number of carbonyl (C=O) groups excluding carboxylic acids is 1. The molecule has 1 saturated carbocycles. The fraction of sp³-hybridized carbons (Fsp3) is 0.583. The second-order valence-electron chi connectivity index (χ2n) is 4.35. The van der Waals surface area contributed by atoms with Gasteiger partial charge in [0.2, 0.25) is 5.91 Å². The molecule has 1 heterocycles. The molecule has 1 aromatic rings. The van der Waals surface area contributed by atoms with Gasteiger partial charge >= 0.3 is 0 Å². The average Bonchev–Trinajstić information content (AvgIpc) is 2.99. The van der Waals surface area contributed by atoms with Gasteiger partial charge < -0.3 is 10.2 Å². The standard InChI is InChI=1S/C12H18N2OS/c1-9(11-4-3-7-16-11)13-8-12(15)14(2)10-5-6-10/h3-4,7,9-10,13H,5-6,8H2,1-2H3. The lowest BCUT2D eigenvalue weighted by Gasteiger charge is -2.18. The number of amides is 1. The van der Waals surface area contributed by atoms with Gasteiger partial charge in [-0.05, 0) is 31.2 Å². The maximum absolute atomic E-state index is 11.8. The predicted octanol–water partition coefficient (Wildman–Crippen LogP) is 2.02. The first kappa shape index (κ1) is 11.6. The Morgan fingerprint density at radius 1 is 1.69 bits per heavy atom. The molecule has 1 unspecified atom stereocenters. The molecule has 1 aromatic heterocycles. The Hall–Kier alpha value is -0.870. The summed E-state index contributed by atoms with van der Waals surface area (Å²) in [5.41, 5.74) is 0. The highest BCUT2D eigenvalue weighted by molar-refractivity contribution is 7.10. The van der Waals surface area contributed by atoms with E-state index in [2.05, 4.69) is 23.7 Å². The summed E-state index contributed by atoms with van der Waals surface area (Å²) in [6.45, 7) is 2.53. The first-order valence-electron chi connectivity index (χ1n) is 5.71. The van der Waals surface area contributed by atoms with Crippen LogP contribution < -0.4 is 5.32 Å². The van der Waals surface area contributed by atoms with E-state index in [0.717, 1.165) is 0 Å². The topological polar surface area (TPSA) is 32.3 Å². The van der Waals surface area contributed by atoms with Gasteiger partial charge in [-0.25, -0.2) is 0 Å². The zero-order valence-electron chi connectivity index (χ0n) is 9.77. The van der Waals surface area contributed by atoms with Gasteiger partial charge in [-0.15, -0.1) is 11.3 Å². The van der Waals surface area contributed by atoms with Crippen LogP contribution >= 0.6 is 11.3 Å². The Balaban J connectivity index is 1.76. The molecule has 1 aliphatic rings. The Morgan fingerprint density at radius 3 is 3.00 bits per heavy atom. The van der Waals surface area contributed by atoms with Crippen molar-refractivity contribution in [3.63, 3.8) is 0 Å². The van der Waals surface area contributed by atoms with E-state index in [-0.39, 0.29) is 11.9 Å². The van der Waals surface area contributed by atoms with Crippen molar-refractivity contribution in [1.29, 1.82) is 0 Å². The molecule has 0 aromatic carbocycles. The van der Waals surface area contributed by atoms with Crippen LogP contribution in [0.4, 0.5) is 0 Å². The number of hydrogen-bond donors (Lipinski definition) is 1. The van der Waals surface area contributed by atoms with Crippen molar-refractivity contribution in [2.45, 2.75) is 31.8 Å². The van der Waals surface area contributed by atoms with Gasteiger partial charge in [0.1, 0.15) is 0 Å². The highest BCUT2D eigenvalue weighted by atomic mass is 32.1. The van der Waals surface area contributed by atoms with Crippen LogP contribution in [0, 0.1) is 0 Å². The summed E-state index contributed by atoms with van der Waals surface area (Å²) in [6, 6.07) is 4.90. The van der Waals surface area contributed by atoms with Crippen molar-refractivity contribution in [2.75, 3.05) is 13.6 Å². The number of hydrogen-bond acceptors (Lipinski definition) is 3. The SMILES string of the molecule is CC(NCC(=O)N(C)C1CC1)c1cccs1. The fourth-order valence-electron chi connectivity index (χ4n) is 1.67. The summed E-state index contributed by atoms with van der Waals surface area (Å²) in [6.07, 6.45) is 2.34. The second-order valence-corrected chi connectivity index (χ2v) is 5.33. The van der Waals surface area contributed by atoms with Crippen molar-refractivity contribution in [2.24, 2.45) is 0 Å². The third-order valence-electron chi connectivity index (χ3n) is 3.02. The van der Waals surface area contributed by atoms with Gasteiger partial charge in [-0.1, -0.05) is 6.07 Å². The molecular formula is C12H18N2OS. The first-order chi connectivity index (χ1) is 7.68. The molecular weight excluding hydrogens is 220 g/mol. The molecule has 1 aliphatic carbocycles. The minimum Gasteiger partial charge on any atom is -0.342 e. The molecule has 0 aliphatic heterocycles. The van der Waals surface area contributed by atoms with Crippen LogP contribution in [0.3, 0.4) is 0 Å². The average molecular weight is 238 g/mol. The van der Waals surface area contributed by atoms with E-state index in [9.17, 15) is 4.79 Å². The highest BCUT2D eigenvalue weighted by Crippen LogP contribution is 2.25. The Labute approximate surface area is 100 Å². The molecule has 1 N–H and O–H groups in total. The van der Waals surface area contributed by atoms with E-state index in [1.807, 2.05) is 18.0 Å². The van der Waals surface area contributed by atoms with Crippen LogP contribution in [0.2, 0.25) is 0 Å². The number of nitrogens with zero attached hydrogens (tertiary/aromatic N) is 1. The third-order valence-corrected chi connectivity index (χ3v) is 4.07. The van der Waals surface area contributed by atoms with E-state index in [1.165, 1.54) is 17.7 Å². The Bertz CT molecular complexity index is 346. The number of rotatable bonds is 5. The van der Waals surface area contributed by atoms with Crippen molar-refractivity contribution in [3.8, 4) is 0 Å². The van der Waals surface area contributed by atoms with Crippen molar-refractivity contribution < 1.29 is 4.79 Å². The minimum atomic E-state index is 0.200. The van der Waals surface area contributed by atoms with Crippen LogP contribution in [0.15, 0.2) is 17.5 Å². The molecule has 1 atom stereocenters. The van der Waals surface area contributed by atoms with Gasteiger partial charge in [0.15, 0.2) is 0 Å². The lowest BCUT2D eigenvalue weighted by Crippen LogP contribution is -2.37. The molecule has 16 heavy (non-hydrogen) atoms. The molecule has 2 rings (SSSR count). The molecule has 0 saturated heterocycles. The quantitative estimate of drug-likeness (QED) is 0.851. The molecule has 1 fully saturated rings. The summed E-state index contributed by atoms with van der Waals surface area (Å²) < 4.78 is 0. The van der Waals surface area contributed by atoms with E-state index in [4.69, 9.17) is 0 Å². The maximum atomic E-state index is 11.8. The van der Waals surface area contributed by atoms with Crippen molar-refractivity contribution in [1.82, 2.24) is 10.2 Å². The summed E-state index contributed by atoms with van der Waals surface area (Å²) in [7, 11) is 1.90. The number of thiophene rings is 1. The van der Waals surface area contributed by atoms with Gasteiger partial charge in [-0.3, -0.25) is 4.79 Å². The van der Waals surface area contributed by atoms with Gasteiger partial charge in [-0.2, -0.15) is 0 Å². The van der Waals surface area contributed by atoms with E-state index < -0.39 is 0 Å². The second kappa shape index (κ2) is 4.97. The van der Waals surface area contributed by atoms with Crippen LogP contribution in [0.5, 0.6) is 0 Å². The maximum Gasteiger partial charge on any atom is 0.236 e. The largest absolute Gasteiger partial charge is 0.342 e. The lowest BCUT2D eigenvalue weighted by atomic mass is 10.3. The van der Waals surface area contributed by atoms with Gasteiger partial charge in [0.25, 0.3) is 0 Å². The van der Waals surface area contributed by atoms with E-state index in [0.29, 0.717) is 12.6 Å². The predicted molar refractivity (Wildman–Crippen MR) is 66.5 cm³/mol. The smallest absolute Gasteiger partial charge is 0.236 e. The van der Waals surface area contributed by atoms with Crippen molar-refractivity contribution >= 4 is 17.2 Å². The molecule has 88 valence electrons. The number of likely N-dealkylation sites (N-methyl/N-ethyl adjacent to an activating group) is 1. The molecule has 0 bridgehead atoms.